The Labute approximate surface area is 323 Å². The Balaban J connectivity index is 1.22. The molecule has 0 N–H and O–H groups in total. The van der Waals surface area contributed by atoms with Crippen LogP contribution in [0, 0.1) is 35.5 Å². The van der Waals surface area contributed by atoms with Crippen molar-refractivity contribution in [3.63, 3.8) is 0 Å². The molecule has 3 heterocycles. The molecule has 3 saturated heterocycles. The maximum absolute atomic E-state index is 14.7. The Bertz CT molecular complexity index is 1370. The van der Waals surface area contributed by atoms with Gasteiger partial charge in [0.25, 0.3) is 0 Å². The molecular weight excluding hydrogens is 690 g/mol. The Kier molecular flexibility index (Phi) is 14.3. The SMILES string of the molecule is CC/C=C/[C@H]1CCC[C@H](OC2CCC(N(C)C)C(C)O2)[C@@H](C)C(=O)C2=C[C@H]3[C@@H]4C[C@H](OC5OC(C)C(OC)C(OC)C5OC)C[C@H]4C=C[C@H]3C2CC(=O)O1. The van der Waals surface area contributed by atoms with Crippen molar-refractivity contribution in [1.82, 2.24) is 4.90 Å². The molecule has 11 heteroatoms. The largest absolute Gasteiger partial charge is 0.458 e. The fraction of sp³-hybridized carbons (Fsp3) is 0.814. The second-order valence-corrected chi connectivity index (χ2v) is 16.8. The third kappa shape index (κ3) is 8.94. The number of esters is 1. The summed E-state index contributed by atoms with van der Waals surface area (Å²) in [5.41, 5.74) is 0.752. The summed E-state index contributed by atoms with van der Waals surface area (Å²) < 4.78 is 49.7. The molecule has 54 heavy (non-hydrogen) atoms. The molecule has 0 aromatic carbocycles. The van der Waals surface area contributed by atoms with E-state index in [1.54, 1.807) is 21.3 Å². The van der Waals surface area contributed by atoms with Gasteiger partial charge in [-0.1, -0.05) is 38.2 Å². The maximum Gasteiger partial charge on any atom is 0.307 e. The van der Waals surface area contributed by atoms with Gasteiger partial charge < -0.3 is 42.8 Å². The summed E-state index contributed by atoms with van der Waals surface area (Å²) in [7, 11) is 9.15. The number of allylic oxidation sites excluding steroid dienone is 5. The van der Waals surface area contributed by atoms with E-state index >= 15 is 0 Å². The molecule has 11 nitrogen and oxygen atoms in total. The molecule has 304 valence electrons. The van der Waals surface area contributed by atoms with E-state index < -0.39 is 12.4 Å². The second kappa shape index (κ2) is 18.5. The van der Waals surface area contributed by atoms with Gasteiger partial charge in [0, 0.05) is 39.2 Å². The summed E-state index contributed by atoms with van der Waals surface area (Å²) in [5.74, 6) is -0.122. The molecule has 3 aliphatic carbocycles. The van der Waals surface area contributed by atoms with Crippen molar-refractivity contribution in [2.24, 2.45) is 35.5 Å². The van der Waals surface area contributed by atoms with Gasteiger partial charge >= 0.3 is 5.97 Å². The van der Waals surface area contributed by atoms with Crippen molar-refractivity contribution in [1.29, 1.82) is 0 Å². The van der Waals surface area contributed by atoms with Crippen LogP contribution in [0.15, 0.2) is 36.0 Å². The standard InChI is InChI=1S/C43H67NO10/c1-10-11-13-28-14-12-15-36(54-38-19-18-35(44(5)6)25(3)50-38)24(2)39(46)34-22-32-30(33(34)23-37(45)52-28)17-16-27-20-29(21-31(27)32)53-43-42(49-9)41(48-8)40(47-7)26(4)51-43/h11,13,16-17,22,24-33,35-36,38,40-43H,10,12,14-15,18-21,23H2,1-9H3/b13-11+/t24-,25?,26?,27-,28+,29-,30-,31-,32-,33?,35?,36+,38?,40?,41?,42?,43?/m1/s1. The summed E-state index contributed by atoms with van der Waals surface area (Å²) in [4.78, 5) is 30.6. The Hall–Kier alpha value is -1.96. The Morgan fingerprint density at radius 3 is 2.30 bits per heavy atom. The van der Waals surface area contributed by atoms with Crippen LogP contribution in [-0.2, 0) is 47.5 Å². The average Bonchev–Trinajstić information content (AvgIpc) is 3.72. The van der Waals surface area contributed by atoms with Gasteiger partial charge in [-0.25, -0.2) is 0 Å². The van der Waals surface area contributed by atoms with Crippen molar-refractivity contribution in [2.75, 3.05) is 35.4 Å². The van der Waals surface area contributed by atoms with E-state index in [-0.39, 0.29) is 103 Å². The highest BCUT2D eigenvalue weighted by Crippen LogP contribution is 2.54. The monoisotopic (exact) mass is 757 g/mol. The van der Waals surface area contributed by atoms with E-state index in [0.29, 0.717) is 18.9 Å². The molecule has 17 atom stereocenters. The number of hydrogen-bond donors (Lipinski definition) is 0. The number of ether oxygens (including phenoxy) is 8. The first-order valence-corrected chi connectivity index (χ1v) is 20.6. The van der Waals surface area contributed by atoms with Gasteiger partial charge in [0.05, 0.1) is 30.8 Å². The first-order chi connectivity index (χ1) is 26.0. The summed E-state index contributed by atoms with van der Waals surface area (Å²) in [6, 6.07) is 0.330. The van der Waals surface area contributed by atoms with E-state index in [0.717, 1.165) is 44.1 Å². The van der Waals surface area contributed by atoms with Gasteiger partial charge in [0.2, 0.25) is 0 Å². The molecule has 9 unspecified atom stereocenters. The molecule has 3 aliphatic heterocycles. The predicted molar refractivity (Wildman–Crippen MR) is 203 cm³/mol. The minimum Gasteiger partial charge on any atom is -0.458 e. The average molecular weight is 758 g/mol. The number of fused-ring (bicyclic) bond motifs is 5. The number of carbonyl (C=O) groups excluding carboxylic acids is 2. The van der Waals surface area contributed by atoms with Gasteiger partial charge in [-0.3, -0.25) is 9.59 Å². The van der Waals surface area contributed by atoms with Crippen LogP contribution in [0.2, 0.25) is 0 Å². The van der Waals surface area contributed by atoms with Crippen molar-refractivity contribution in [2.45, 2.75) is 153 Å². The van der Waals surface area contributed by atoms with Crippen molar-refractivity contribution >= 4 is 11.8 Å². The fourth-order valence-corrected chi connectivity index (χ4v) is 10.5. The van der Waals surface area contributed by atoms with E-state index in [1.165, 1.54) is 0 Å². The molecule has 6 rings (SSSR count). The third-order valence-electron chi connectivity index (χ3n) is 13.3. The van der Waals surface area contributed by atoms with Crippen LogP contribution in [0.4, 0.5) is 0 Å². The quantitative estimate of drug-likeness (QED) is 0.192. The lowest BCUT2D eigenvalue weighted by atomic mass is 9.70. The van der Waals surface area contributed by atoms with Gasteiger partial charge in [-0.05, 0) is 115 Å². The number of Topliss-reactive ketones (excluding diaryl/α,β-unsaturated/α-hetero) is 1. The Morgan fingerprint density at radius 1 is 0.852 bits per heavy atom. The smallest absolute Gasteiger partial charge is 0.307 e. The number of cyclic esters (lactones) is 1. The van der Waals surface area contributed by atoms with Crippen LogP contribution in [0.3, 0.4) is 0 Å². The number of carbonyl (C=O) groups is 2. The fourth-order valence-electron chi connectivity index (χ4n) is 10.5. The minimum atomic E-state index is -0.600. The van der Waals surface area contributed by atoms with Gasteiger partial charge in [-0.15, -0.1) is 0 Å². The van der Waals surface area contributed by atoms with Crippen molar-refractivity contribution < 1.29 is 47.5 Å². The highest BCUT2D eigenvalue weighted by molar-refractivity contribution is 5.99. The van der Waals surface area contributed by atoms with Gasteiger partial charge in [-0.2, -0.15) is 0 Å². The number of hydrogen-bond acceptors (Lipinski definition) is 11. The van der Waals surface area contributed by atoms with Crippen LogP contribution in [0.25, 0.3) is 0 Å². The van der Waals surface area contributed by atoms with Crippen molar-refractivity contribution in [3.05, 3.63) is 36.0 Å². The van der Waals surface area contributed by atoms with E-state index in [4.69, 9.17) is 37.9 Å². The van der Waals surface area contributed by atoms with Crippen LogP contribution in [0.5, 0.6) is 0 Å². The Morgan fingerprint density at radius 2 is 1.61 bits per heavy atom. The van der Waals surface area contributed by atoms with E-state index in [1.807, 2.05) is 19.9 Å². The first-order valence-electron chi connectivity index (χ1n) is 20.6. The number of ketones is 1. The zero-order valence-electron chi connectivity index (χ0n) is 34.1. The van der Waals surface area contributed by atoms with Gasteiger partial charge in [0.1, 0.15) is 24.4 Å². The number of methoxy groups -OCH3 is 3. The topological polar surface area (TPSA) is 111 Å². The number of likely N-dealkylation sites (N-methyl/N-ethyl adjacent to an activating group) is 1. The molecule has 4 fully saturated rings. The highest BCUT2D eigenvalue weighted by Gasteiger charge is 2.52. The number of nitrogens with zero attached hydrogens (tertiary/aromatic N) is 1. The molecule has 0 aromatic heterocycles. The summed E-state index contributed by atoms with van der Waals surface area (Å²) in [6.07, 6.45) is 14.6. The van der Waals surface area contributed by atoms with Gasteiger partial charge in [0.15, 0.2) is 18.4 Å². The maximum atomic E-state index is 14.7. The first kappa shape index (κ1) is 41.7. The predicted octanol–water partition coefficient (Wildman–Crippen LogP) is 6.04. The second-order valence-electron chi connectivity index (χ2n) is 16.8. The normalized spacial score (nSPS) is 44.6. The third-order valence-corrected chi connectivity index (χ3v) is 13.3. The highest BCUT2D eigenvalue weighted by atomic mass is 16.7. The lowest BCUT2D eigenvalue weighted by Crippen LogP contribution is -2.59. The lowest BCUT2D eigenvalue weighted by molar-refractivity contribution is -0.314. The molecule has 0 amide bonds. The summed E-state index contributed by atoms with van der Waals surface area (Å²) >= 11 is 0. The van der Waals surface area contributed by atoms with E-state index in [9.17, 15) is 9.59 Å². The zero-order chi connectivity index (χ0) is 38.7. The molecular formula is C43H67NO10. The summed E-state index contributed by atoms with van der Waals surface area (Å²) in [5, 5.41) is 0. The zero-order valence-corrected chi connectivity index (χ0v) is 34.1. The molecule has 6 aliphatic rings. The minimum absolute atomic E-state index is 0.0270. The molecule has 0 aromatic rings. The van der Waals surface area contributed by atoms with Crippen molar-refractivity contribution in [3.8, 4) is 0 Å². The van der Waals surface area contributed by atoms with Crippen LogP contribution in [-0.4, -0.2) is 120 Å². The number of rotatable bonds is 10. The molecule has 0 spiro atoms. The van der Waals surface area contributed by atoms with Crippen LogP contribution < -0.4 is 0 Å². The molecule has 1 saturated carbocycles. The molecule has 0 radical (unpaired) electrons. The van der Waals surface area contributed by atoms with Crippen LogP contribution >= 0.6 is 0 Å². The molecule has 0 bridgehead atoms. The van der Waals surface area contributed by atoms with E-state index in [2.05, 4.69) is 57.1 Å². The summed E-state index contributed by atoms with van der Waals surface area (Å²) in [6.45, 7) is 8.17. The van der Waals surface area contributed by atoms with Crippen LogP contribution in [0.1, 0.15) is 85.5 Å². The lowest BCUT2D eigenvalue weighted by Gasteiger charge is -2.44.